The third kappa shape index (κ3) is 15.8. The van der Waals surface area contributed by atoms with Crippen molar-refractivity contribution in [2.75, 3.05) is 33.1 Å². The molecule has 3 saturated heterocycles. The predicted octanol–water partition coefficient (Wildman–Crippen LogP) is 7.94. The Kier molecular flexibility index (Phi) is 22.4. The van der Waals surface area contributed by atoms with Gasteiger partial charge in [-0.3, -0.25) is 9.59 Å². The second-order valence-corrected chi connectivity index (χ2v) is 22.9. The molecule has 1 unspecified atom stereocenters. The lowest BCUT2D eigenvalue weighted by Gasteiger charge is -2.50. The first-order valence-electron chi connectivity index (χ1n) is 26.9. The zero-order valence-electron chi connectivity index (χ0n) is 46.2. The van der Waals surface area contributed by atoms with Crippen LogP contribution in [0.1, 0.15) is 147 Å². The van der Waals surface area contributed by atoms with Gasteiger partial charge >= 0.3 is 11.9 Å². The standard InChI is InChI=1S/C55H91N3O14S/c1-15-42-55(11,63)47(60)34(4)44(57-65-28-22-25-39-23-18-16-19-24-39)32(2)30-53(9,62)48(72-51-46(41(58(12)13)29-33(3)66-51)71-52(73)56-40-26-20-17-21-27-40)35(5)45(36(6)50(61)69-42)70-43-31-54(10,64-14)49(37(7)67-43)68-38(8)59/h17,20-21,26-27,32-37,39,41-43,45-49,51,60,62-63H,15-16,18-19,22-25,28-31H2,1-14H3,(H,56,73)/t32-,33-,34+,35+,36-,37+,41+,42-,43+,45+,46-,47-,48-,49+,51+,53?,54-,55-/m1/s1. The second-order valence-electron chi connectivity index (χ2n) is 22.5. The van der Waals surface area contributed by atoms with Gasteiger partial charge in [-0.25, -0.2) is 0 Å². The van der Waals surface area contributed by atoms with E-state index in [9.17, 15) is 24.9 Å². The Morgan fingerprint density at radius 3 is 2.21 bits per heavy atom. The molecule has 1 saturated carbocycles. The minimum atomic E-state index is -1.96. The molecule has 3 heterocycles. The molecule has 4 fully saturated rings. The molecule has 1 aliphatic carbocycles. The maximum Gasteiger partial charge on any atom is 0.311 e. The van der Waals surface area contributed by atoms with Crippen LogP contribution in [0.3, 0.4) is 0 Å². The van der Waals surface area contributed by atoms with Gasteiger partial charge < -0.3 is 68.3 Å². The molecule has 4 aliphatic rings. The van der Waals surface area contributed by atoms with E-state index in [0.717, 1.165) is 18.5 Å². The number of hydrogen-bond donors (Lipinski definition) is 4. The number of aliphatic hydroxyl groups excluding tert-OH is 1. The fourth-order valence-electron chi connectivity index (χ4n) is 11.9. The van der Waals surface area contributed by atoms with Crippen molar-refractivity contribution in [2.24, 2.45) is 34.7 Å². The van der Waals surface area contributed by atoms with Gasteiger partial charge in [0, 0.05) is 43.9 Å². The van der Waals surface area contributed by atoms with Crippen LogP contribution in [0.5, 0.6) is 0 Å². The first kappa shape index (κ1) is 60.8. The summed E-state index contributed by atoms with van der Waals surface area (Å²) in [5.41, 5.74) is -3.66. The molecular formula is C55H91N3O14S. The Balaban J connectivity index is 1.62. The molecule has 4 N–H and O–H groups in total. The summed E-state index contributed by atoms with van der Waals surface area (Å²) in [4.78, 5) is 35.2. The van der Waals surface area contributed by atoms with Crippen LogP contribution in [0.4, 0.5) is 5.69 Å². The Hall–Kier alpha value is -3.04. The number of esters is 2. The highest BCUT2D eigenvalue weighted by atomic mass is 32.1. The van der Waals surface area contributed by atoms with Crippen molar-refractivity contribution >= 4 is 40.7 Å². The first-order valence-corrected chi connectivity index (χ1v) is 27.3. The number of hydrogen-bond acceptors (Lipinski definition) is 17. The number of anilines is 1. The highest BCUT2D eigenvalue weighted by Gasteiger charge is 2.54. The maximum atomic E-state index is 14.8. The third-order valence-corrected chi connectivity index (χ3v) is 16.3. The van der Waals surface area contributed by atoms with Gasteiger partial charge in [0.1, 0.15) is 23.9 Å². The number of oxime groups is 1. The molecule has 1 aromatic carbocycles. The number of para-hydroxylation sites is 1. The summed E-state index contributed by atoms with van der Waals surface area (Å²) in [6.45, 7) is 19.3. The average molecular weight is 1050 g/mol. The number of likely N-dealkylation sites (N-methyl/N-ethyl adjacent to an activating group) is 1. The molecular weight excluding hydrogens is 959 g/mol. The van der Waals surface area contributed by atoms with E-state index in [2.05, 4.69) is 5.32 Å². The van der Waals surface area contributed by atoms with Gasteiger partial charge in [0.15, 0.2) is 24.8 Å². The lowest BCUT2D eigenvalue weighted by atomic mass is 9.73. The Morgan fingerprint density at radius 1 is 0.918 bits per heavy atom. The van der Waals surface area contributed by atoms with Crippen LogP contribution in [-0.4, -0.2) is 155 Å². The summed E-state index contributed by atoms with van der Waals surface area (Å²) in [5, 5.41) is 45.8. The molecule has 1 aromatic rings. The largest absolute Gasteiger partial charge is 0.460 e. The van der Waals surface area contributed by atoms with E-state index in [1.165, 1.54) is 53.1 Å². The van der Waals surface area contributed by atoms with Crippen LogP contribution in [-0.2, 0) is 52.3 Å². The second kappa shape index (κ2) is 26.8. The molecule has 0 aromatic heterocycles. The molecule has 18 atom stereocenters. The number of rotatable bonds is 15. The SMILES string of the molecule is CC[C@H]1OC(=O)[C@H](C)[C@@H](O[C@H]2C[C@@](C)(OC)[C@@H](OC(C)=O)[C@H](C)O2)[C@H](C)[C@@H](O[C@@H]2O[C@H](C)C[C@H](N(C)C)[C@H]2OC(=S)Nc2ccccc2)C(C)(O)C[C@@H](C)C(=NOCCCC2CCCCC2)[C@H](C)[C@@H](O)[C@]1(C)O. The predicted molar refractivity (Wildman–Crippen MR) is 282 cm³/mol. The number of methoxy groups -OCH3 is 1. The topological polar surface area (TPSA) is 206 Å². The number of nitrogens with one attached hydrogen (secondary N) is 1. The summed E-state index contributed by atoms with van der Waals surface area (Å²) in [7, 11) is 5.42. The van der Waals surface area contributed by atoms with E-state index in [4.69, 9.17) is 60.1 Å². The van der Waals surface area contributed by atoms with E-state index in [1.807, 2.05) is 77.0 Å². The van der Waals surface area contributed by atoms with Gasteiger partial charge in [0.05, 0.1) is 53.8 Å². The zero-order chi connectivity index (χ0) is 54.0. The van der Waals surface area contributed by atoms with Crippen molar-refractivity contribution in [2.45, 2.75) is 231 Å². The number of cyclic esters (lactones) is 1. The third-order valence-electron chi connectivity index (χ3n) is 16.1. The molecule has 3 aliphatic heterocycles. The van der Waals surface area contributed by atoms with Crippen LogP contribution < -0.4 is 5.32 Å². The van der Waals surface area contributed by atoms with Crippen LogP contribution in [0.2, 0.25) is 0 Å². The maximum absolute atomic E-state index is 14.8. The van der Waals surface area contributed by atoms with Gasteiger partial charge in [-0.05, 0) is 118 Å². The van der Waals surface area contributed by atoms with E-state index >= 15 is 0 Å². The van der Waals surface area contributed by atoms with Crippen LogP contribution in [0, 0.1) is 29.6 Å². The minimum absolute atomic E-state index is 0.00981. The molecule has 17 nitrogen and oxygen atoms in total. The number of aliphatic hydroxyl groups is 3. The molecule has 73 heavy (non-hydrogen) atoms. The van der Waals surface area contributed by atoms with Gasteiger partial charge in [0.25, 0.3) is 5.17 Å². The van der Waals surface area contributed by atoms with Crippen LogP contribution >= 0.6 is 12.2 Å². The van der Waals surface area contributed by atoms with Crippen molar-refractivity contribution in [3.63, 3.8) is 0 Å². The van der Waals surface area contributed by atoms with Crippen molar-refractivity contribution in [3.05, 3.63) is 30.3 Å². The van der Waals surface area contributed by atoms with Crippen LogP contribution in [0.25, 0.3) is 0 Å². The minimum Gasteiger partial charge on any atom is -0.460 e. The number of nitrogens with zero attached hydrogens (tertiary/aromatic N) is 2. The fraction of sp³-hybridized carbons (Fsp3) is 0.818. The van der Waals surface area contributed by atoms with Gasteiger partial charge in [-0.1, -0.05) is 83.2 Å². The quantitative estimate of drug-likeness (QED) is 0.0569. The van der Waals surface area contributed by atoms with Gasteiger partial charge in [0.2, 0.25) is 0 Å². The average Bonchev–Trinajstić information content (AvgIpc) is 3.33. The first-order chi connectivity index (χ1) is 34.3. The summed E-state index contributed by atoms with van der Waals surface area (Å²) in [6, 6.07) is 9.16. The summed E-state index contributed by atoms with van der Waals surface area (Å²) >= 11 is 5.81. The molecule has 5 rings (SSSR count). The number of benzene rings is 1. The summed E-state index contributed by atoms with van der Waals surface area (Å²) < 4.78 is 51.9. The van der Waals surface area contributed by atoms with Crippen molar-refractivity contribution in [1.82, 2.24) is 4.90 Å². The molecule has 416 valence electrons. The highest BCUT2D eigenvalue weighted by Crippen LogP contribution is 2.42. The number of carbonyl (C=O) groups is 2. The molecule has 0 bridgehead atoms. The number of carbonyl (C=O) groups excluding carboxylic acids is 2. The Morgan fingerprint density at radius 2 is 1.59 bits per heavy atom. The number of ether oxygens (including phenoxy) is 8. The normalized spacial score (nSPS) is 40.1. The fourth-order valence-corrected chi connectivity index (χ4v) is 12.1. The molecule has 0 amide bonds. The van der Waals surface area contributed by atoms with E-state index in [1.54, 1.807) is 34.6 Å². The van der Waals surface area contributed by atoms with E-state index in [0.29, 0.717) is 24.7 Å². The highest BCUT2D eigenvalue weighted by molar-refractivity contribution is 7.80. The van der Waals surface area contributed by atoms with Crippen molar-refractivity contribution in [3.8, 4) is 0 Å². The number of thiocarbonyl (C=S) groups is 1. The van der Waals surface area contributed by atoms with E-state index < -0.39 is 108 Å². The molecule has 0 spiro atoms. The Labute approximate surface area is 441 Å². The molecule has 18 heteroatoms. The Bertz CT molecular complexity index is 1940. The van der Waals surface area contributed by atoms with E-state index in [-0.39, 0.29) is 36.6 Å². The molecule has 0 radical (unpaired) electrons. The van der Waals surface area contributed by atoms with Crippen LogP contribution in [0.15, 0.2) is 35.5 Å². The lowest BCUT2D eigenvalue weighted by Crippen LogP contribution is -2.62. The smallest absolute Gasteiger partial charge is 0.311 e. The summed E-state index contributed by atoms with van der Waals surface area (Å²) in [5.74, 6) is -3.92. The van der Waals surface area contributed by atoms with Crippen molar-refractivity contribution in [1.29, 1.82) is 0 Å². The van der Waals surface area contributed by atoms with Gasteiger partial charge in [-0.2, -0.15) is 0 Å². The monoisotopic (exact) mass is 1050 g/mol. The summed E-state index contributed by atoms with van der Waals surface area (Å²) in [6.07, 6.45) is -0.890. The lowest BCUT2D eigenvalue weighted by molar-refractivity contribution is -0.317. The van der Waals surface area contributed by atoms with Crippen molar-refractivity contribution < 1.29 is 67.6 Å². The van der Waals surface area contributed by atoms with Gasteiger partial charge in [-0.15, -0.1) is 0 Å². The zero-order valence-corrected chi connectivity index (χ0v) is 47.1.